The number of nitriles is 1. The van der Waals surface area contributed by atoms with E-state index in [2.05, 4.69) is 11.2 Å². The summed E-state index contributed by atoms with van der Waals surface area (Å²) in [4.78, 5) is 1.59. The molecule has 1 aliphatic rings. The number of nitrogens with zero attached hydrogens (tertiary/aromatic N) is 4. The third kappa shape index (κ3) is 3.21. The Kier molecular flexibility index (Phi) is 5.04. The molecule has 1 saturated carbocycles. The van der Waals surface area contributed by atoms with E-state index >= 15 is 0 Å². The standard InChI is InChI=1S/C17H13Cl4F3N4/c1-15(7-16(15,20)21)13-9(6-25)14(27(2)3)28(26-13)12-10(18)4-8(5-11(12)19)17(22,23)24/h4-5H,7H2,1-3H3. The molecule has 1 heterocycles. The molecule has 1 unspecified atom stereocenters. The molecular formula is C17H13Cl4F3N4. The Bertz CT molecular complexity index is 984. The Hall–Kier alpha value is -1.33. The number of anilines is 1. The van der Waals surface area contributed by atoms with Crippen LogP contribution in [0, 0.1) is 11.3 Å². The SMILES string of the molecule is CN(C)c1c(C#N)c(C2(C)CC2(Cl)Cl)nn1-c1c(Cl)cc(C(F)(F)F)cc1Cl. The third-order valence-electron chi connectivity index (χ3n) is 4.73. The van der Waals surface area contributed by atoms with E-state index in [1.165, 1.54) is 4.68 Å². The fourth-order valence-corrected chi connectivity index (χ4v) is 4.42. The smallest absolute Gasteiger partial charge is 0.362 e. The van der Waals surface area contributed by atoms with Crippen LogP contribution in [-0.2, 0) is 11.6 Å². The monoisotopic (exact) mass is 470 g/mol. The first-order valence-corrected chi connectivity index (χ1v) is 9.41. The van der Waals surface area contributed by atoms with Crippen molar-refractivity contribution in [1.82, 2.24) is 9.78 Å². The lowest BCUT2D eigenvalue weighted by molar-refractivity contribution is -0.137. The molecule has 3 rings (SSSR count). The van der Waals surface area contributed by atoms with Crippen molar-refractivity contribution in [3.05, 3.63) is 39.0 Å². The number of benzene rings is 1. The summed E-state index contributed by atoms with van der Waals surface area (Å²) >= 11 is 24.8. The van der Waals surface area contributed by atoms with Crippen molar-refractivity contribution < 1.29 is 13.2 Å². The highest BCUT2D eigenvalue weighted by atomic mass is 35.5. The van der Waals surface area contributed by atoms with Crippen molar-refractivity contribution in [2.45, 2.75) is 29.3 Å². The quantitative estimate of drug-likeness (QED) is 0.518. The first-order valence-electron chi connectivity index (χ1n) is 7.90. The van der Waals surface area contributed by atoms with Crippen LogP contribution in [0.4, 0.5) is 19.0 Å². The Balaban J connectivity index is 2.30. The van der Waals surface area contributed by atoms with Gasteiger partial charge in [-0.3, -0.25) is 0 Å². The first kappa shape index (κ1) is 21.4. The summed E-state index contributed by atoms with van der Waals surface area (Å²) < 4.78 is 39.3. The molecule has 150 valence electrons. The van der Waals surface area contributed by atoms with Crippen molar-refractivity contribution in [2.75, 3.05) is 19.0 Å². The largest absolute Gasteiger partial charge is 0.416 e. The van der Waals surface area contributed by atoms with Crippen LogP contribution < -0.4 is 4.90 Å². The van der Waals surface area contributed by atoms with Gasteiger partial charge in [-0.25, -0.2) is 4.68 Å². The molecule has 1 fully saturated rings. The van der Waals surface area contributed by atoms with Crippen LogP contribution in [0.5, 0.6) is 0 Å². The molecular weight excluding hydrogens is 459 g/mol. The van der Waals surface area contributed by atoms with E-state index in [9.17, 15) is 18.4 Å². The van der Waals surface area contributed by atoms with Gasteiger partial charge >= 0.3 is 6.18 Å². The summed E-state index contributed by atoms with van der Waals surface area (Å²) in [6.45, 7) is 1.76. The number of halogens is 7. The van der Waals surface area contributed by atoms with E-state index in [0.717, 1.165) is 12.1 Å². The van der Waals surface area contributed by atoms with Crippen LogP contribution in [-0.4, -0.2) is 28.2 Å². The lowest BCUT2D eigenvalue weighted by Gasteiger charge is -2.18. The number of aromatic nitrogens is 2. The van der Waals surface area contributed by atoms with Crippen molar-refractivity contribution in [2.24, 2.45) is 0 Å². The zero-order valence-electron chi connectivity index (χ0n) is 14.8. The van der Waals surface area contributed by atoms with Gasteiger partial charge in [-0.1, -0.05) is 30.1 Å². The normalized spacial score (nSPS) is 20.8. The van der Waals surface area contributed by atoms with Crippen molar-refractivity contribution in [3.8, 4) is 11.8 Å². The molecule has 0 spiro atoms. The Morgan fingerprint density at radius 1 is 1.21 bits per heavy atom. The van der Waals surface area contributed by atoms with E-state index in [1.54, 1.807) is 25.9 Å². The minimum Gasteiger partial charge on any atom is -0.362 e. The maximum Gasteiger partial charge on any atom is 0.416 e. The molecule has 2 aromatic rings. The maximum atomic E-state index is 13.0. The predicted octanol–water partition coefficient (Wildman–Crippen LogP) is 5.97. The second kappa shape index (κ2) is 6.60. The van der Waals surface area contributed by atoms with Gasteiger partial charge in [0.1, 0.15) is 27.5 Å². The fourth-order valence-electron chi connectivity index (χ4n) is 3.06. The zero-order valence-corrected chi connectivity index (χ0v) is 17.8. The number of alkyl halides is 5. The first-order chi connectivity index (χ1) is 12.7. The van der Waals surface area contributed by atoms with Gasteiger partial charge in [0.15, 0.2) is 0 Å². The van der Waals surface area contributed by atoms with Crippen LogP contribution in [0.25, 0.3) is 5.69 Å². The minimum atomic E-state index is -4.61. The van der Waals surface area contributed by atoms with Gasteiger partial charge in [-0.05, 0) is 18.6 Å². The molecule has 1 aliphatic carbocycles. The van der Waals surface area contributed by atoms with Crippen LogP contribution in [0.2, 0.25) is 10.0 Å². The molecule has 28 heavy (non-hydrogen) atoms. The van der Waals surface area contributed by atoms with E-state index in [0.29, 0.717) is 17.9 Å². The molecule has 0 radical (unpaired) electrons. The second-order valence-electron chi connectivity index (χ2n) is 6.96. The zero-order chi connectivity index (χ0) is 21.2. The summed E-state index contributed by atoms with van der Waals surface area (Å²) in [5.74, 6) is 0.304. The molecule has 11 heteroatoms. The topological polar surface area (TPSA) is 44.9 Å². The molecule has 1 aromatic heterocycles. The molecule has 0 aliphatic heterocycles. The lowest BCUT2D eigenvalue weighted by atomic mass is 10.0. The maximum absolute atomic E-state index is 13.0. The predicted molar refractivity (Wildman–Crippen MR) is 104 cm³/mol. The molecule has 1 aromatic carbocycles. The molecule has 0 bridgehead atoms. The van der Waals surface area contributed by atoms with Gasteiger partial charge < -0.3 is 4.90 Å². The van der Waals surface area contributed by atoms with Crippen LogP contribution >= 0.6 is 46.4 Å². The Labute approximate surface area is 179 Å². The Morgan fingerprint density at radius 2 is 1.71 bits per heavy atom. The lowest BCUT2D eigenvalue weighted by Crippen LogP contribution is -2.16. The van der Waals surface area contributed by atoms with Gasteiger partial charge in [0, 0.05) is 19.5 Å². The number of rotatable bonds is 3. The molecule has 1 atom stereocenters. The highest BCUT2D eigenvalue weighted by molar-refractivity contribution is 6.52. The van der Waals surface area contributed by atoms with Crippen molar-refractivity contribution in [3.63, 3.8) is 0 Å². The summed E-state index contributed by atoms with van der Waals surface area (Å²) in [5, 5.41) is 13.7. The highest BCUT2D eigenvalue weighted by Gasteiger charge is 2.66. The fraction of sp³-hybridized carbons (Fsp3) is 0.412. The van der Waals surface area contributed by atoms with E-state index < -0.39 is 21.5 Å². The minimum absolute atomic E-state index is 0.0294. The summed E-state index contributed by atoms with van der Waals surface area (Å²) in [7, 11) is 3.32. The summed E-state index contributed by atoms with van der Waals surface area (Å²) in [6, 6.07) is 3.62. The molecule has 0 saturated heterocycles. The third-order valence-corrected chi connectivity index (χ3v) is 6.41. The number of hydrogen-bond acceptors (Lipinski definition) is 3. The van der Waals surface area contributed by atoms with Crippen LogP contribution in [0.15, 0.2) is 12.1 Å². The van der Waals surface area contributed by atoms with Gasteiger partial charge in [-0.2, -0.15) is 23.5 Å². The van der Waals surface area contributed by atoms with Gasteiger partial charge in [0.05, 0.1) is 21.3 Å². The average molecular weight is 472 g/mol. The van der Waals surface area contributed by atoms with Crippen molar-refractivity contribution in [1.29, 1.82) is 5.26 Å². The molecule has 0 N–H and O–H groups in total. The molecule has 4 nitrogen and oxygen atoms in total. The highest BCUT2D eigenvalue weighted by Crippen LogP contribution is 2.65. The van der Waals surface area contributed by atoms with E-state index in [1.807, 2.05) is 0 Å². The molecule has 0 amide bonds. The van der Waals surface area contributed by atoms with Gasteiger partial charge in [0.25, 0.3) is 0 Å². The van der Waals surface area contributed by atoms with E-state index in [4.69, 9.17) is 46.4 Å². The van der Waals surface area contributed by atoms with Crippen molar-refractivity contribution >= 4 is 52.2 Å². The second-order valence-corrected chi connectivity index (χ2v) is 9.26. The van der Waals surface area contributed by atoms with Crippen LogP contribution in [0.3, 0.4) is 0 Å². The van der Waals surface area contributed by atoms with Gasteiger partial charge in [-0.15, -0.1) is 23.2 Å². The Morgan fingerprint density at radius 3 is 2.07 bits per heavy atom. The number of hydrogen-bond donors (Lipinski definition) is 0. The summed E-state index contributed by atoms with van der Waals surface area (Å²) in [6.07, 6.45) is -4.24. The van der Waals surface area contributed by atoms with E-state index in [-0.39, 0.29) is 21.3 Å². The summed E-state index contributed by atoms with van der Waals surface area (Å²) in [5.41, 5.74) is -1.22. The van der Waals surface area contributed by atoms with Crippen LogP contribution in [0.1, 0.15) is 30.2 Å². The average Bonchev–Trinajstić information content (AvgIpc) is 2.89. The van der Waals surface area contributed by atoms with Gasteiger partial charge in [0.2, 0.25) is 0 Å².